The second kappa shape index (κ2) is 6.36. The lowest BCUT2D eigenvalue weighted by molar-refractivity contribution is 0.366. The van der Waals surface area contributed by atoms with E-state index in [1.807, 2.05) is 19.2 Å². The van der Waals surface area contributed by atoms with E-state index in [9.17, 15) is 4.39 Å². The first-order valence-electron chi connectivity index (χ1n) is 5.63. The molecule has 1 rings (SSSR count). The number of benzene rings is 1. The van der Waals surface area contributed by atoms with Gasteiger partial charge in [0.25, 0.3) is 0 Å². The molecule has 90 valence electrons. The summed E-state index contributed by atoms with van der Waals surface area (Å²) in [6.07, 6.45) is 0.789. The zero-order valence-corrected chi connectivity index (χ0v) is 11.6. The first-order valence-corrected chi connectivity index (χ1v) is 6.42. The van der Waals surface area contributed by atoms with Crippen LogP contribution < -0.4 is 5.32 Å². The molecule has 0 saturated heterocycles. The fourth-order valence-electron chi connectivity index (χ4n) is 1.78. The second-order valence-electron chi connectivity index (χ2n) is 4.50. The predicted molar refractivity (Wildman–Crippen MR) is 70.1 cm³/mol. The molecule has 16 heavy (non-hydrogen) atoms. The molecule has 3 heteroatoms. The Morgan fingerprint density at radius 3 is 2.56 bits per heavy atom. The Morgan fingerprint density at radius 1 is 1.38 bits per heavy atom. The van der Waals surface area contributed by atoms with Crippen LogP contribution in [0.3, 0.4) is 0 Å². The van der Waals surface area contributed by atoms with Gasteiger partial charge >= 0.3 is 0 Å². The first-order chi connectivity index (χ1) is 7.54. The minimum absolute atomic E-state index is 0.115. The van der Waals surface area contributed by atoms with Crippen molar-refractivity contribution in [2.24, 2.45) is 11.8 Å². The monoisotopic (exact) mass is 287 g/mol. The van der Waals surface area contributed by atoms with E-state index < -0.39 is 0 Å². The number of halogens is 2. The molecule has 1 unspecified atom stereocenters. The lowest BCUT2D eigenvalue weighted by atomic mass is 9.89. The molecule has 1 aromatic carbocycles. The Hall–Kier alpha value is -0.410. The maximum absolute atomic E-state index is 13.7. The second-order valence-corrected chi connectivity index (χ2v) is 5.42. The van der Waals surface area contributed by atoms with E-state index in [2.05, 4.69) is 35.1 Å². The molecule has 0 amide bonds. The molecule has 0 heterocycles. The van der Waals surface area contributed by atoms with Crippen molar-refractivity contribution in [3.8, 4) is 0 Å². The maximum atomic E-state index is 13.7. The Labute approximate surface area is 106 Å². The molecule has 0 fully saturated rings. The van der Waals surface area contributed by atoms with Gasteiger partial charge in [0.05, 0.1) is 0 Å². The number of nitrogens with one attached hydrogen (secondary N) is 1. The molecule has 0 radical (unpaired) electrons. The normalized spacial score (nSPS) is 13.1. The highest BCUT2D eigenvalue weighted by atomic mass is 79.9. The molecule has 0 bridgehead atoms. The van der Waals surface area contributed by atoms with E-state index >= 15 is 0 Å². The summed E-state index contributed by atoms with van der Waals surface area (Å²) in [5.74, 6) is 0.910. The van der Waals surface area contributed by atoms with Gasteiger partial charge in [0.1, 0.15) is 5.82 Å². The smallest absolute Gasteiger partial charge is 0.127 e. The summed E-state index contributed by atoms with van der Waals surface area (Å²) in [6, 6.07) is 5.30. The van der Waals surface area contributed by atoms with Gasteiger partial charge in [-0.05, 0) is 49.5 Å². The average molecular weight is 288 g/mol. The van der Waals surface area contributed by atoms with Gasteiger partial charge in [0.15, 0.2) is 0 Å². The lowest BCUT2D eigenvalue weighted by Crippen LogP contribution is -2.25. The van der Waals surface area contributed by atoms with Crippen molar-refractivity contribution in [3.63, 3.8) is 0 Å². The van der Waals surface area contributed by atoms with Crippen molar-refractivity contribution in [1.82, 2.24) is 5.32 Å². The summed E-state index contributed by atoms with van der Waals surface area (Å²) >= 11 is 3.27. The van der Waals surface area contributed by atoms with E-state index in [-0.39, 0.29) is 5.82 Å². The molecule has 1 aromatic rings. The Kier molecular flexibility index (Phi) is 5.42. The minimum atomic E-state index is -0.115. The van der Waals surface area contributed by atoms with Crippen molar-refractivity contribution >= 4 is 15.9 Å². The molecule has 0 aliphatic rings. The first kappa shape index (κ1) is 13.7. The molecule has 1 N–H and O–H groups in total. The van der Waals surface area contributed by atoms with E-state index in [0.29, 0.717) is 11.8 Å². The van der Waals surface area contributed by atoms with Crippen LogP contribution in [0.25, 0.3) is 0 Å². The standard InChI is InChI=1S/C13H19BrFN/c1-9(2)11(8-16-3)6-10-4-5-12(14)7-13(10)15/h4-5,7,9,11,16H,6,8H2,1-3H3. The average Bonchev–Trinajstić information content (AvgIpc) is 2.20. The van der Waals surface area contributed by atoms with Gasteiger partial charge < -0.3 is 5.32 Å². The highest BCUT2D eigenvalue weighted by Gasteiger charge is 2.15. The highest BCUT2D eigenvalue weighted by molar-refractivity contribution is 9.10. The van der Waals surface area contributed by atoms with Gasteiger partial charge in [0, 0.05) is 4.47 Å². The van der Waals surface area contributed by atoms with Crippen LogP contribution in [0, 0.1) is 17.7 Å². The van der Waals surface area contributed by atoms with Crippen LogP contribution in [0.5, 0.6) is 0 Å². The Morgan fingerprint density at radius 2 is 2.06 bits per heavy atom. The third-order valence-corrected chi connectivity index (χ3v) is 3.40. The molecular formula is C13H19BrFN. The third-order valence-electron chi connectivity index (χ3n) is 2.91. The van der Waals surface area contributed by atoms with Crippen molar-refractivity contribution in [2.75, 3.05) is 13.6 Å². The third kappa shape index (κ3) is 3.87. The summed E-state index contributed by atoms with van der Waals surface area (Å²) in [5.41, 5.74) is 0.803. The van der Waals surface area contributed by atoms with Crippen LogP contribution in [0.15, 0.2) is 22.7 Å². The molecular weight excluding hydrogens is 269 g/mol. The summed E-state index contributed by atoms with van der Waals surface area (Å²) in [6.45, 7) is 5.28. The molecule has 0 aromatic heterocycles. The Bertz CT molecular complexity index is 339. The highest BCUT2D eigenvalue weighted by Crippen LogP contribution is 2.21. The van der Waals surface area contributed by atoms with Crippen LogP contribution in [0.4, 0.5) is 4.39 Å². The summed E-state index contributed by atoms with van der Waals surface area (Å²) < 4.78 is 14.5. The van der Waals surface area contributed by atoms with Gasteiger partial charge in [-0.15, -0.1) is 0 Å². The van der Waals surface area contributed by atoms with Gasteiger partial charge in [-0.1, -0.05) is 35.8 Å². The van der Waals surface area contributed by atoms with E-state index in [4.69, 9.17) is 0 Å². The maximum Gasteiger partial charge on any atom is 0.127 e. The zero-order valence-electron chi connectivity index (χ0n) is 10.1. The van der Waals surface area contributed by atoms with Crippen molar-refractivity contribution in [1.29, 1.82) is 0 Å². The lowest BCUT2D eigenvalue weighted by Gasteiger charge is -2.20. The molecule has 0 aliphatic heterocycles. The van der Waals surface area contributed by atoms with Crippen LogP contribution in [-0.2, 0) is 6.42 Å². The molecule has 0 saturated carbocycles. The molecule has 1 atom stereocenters. The molecule has 0 spiro atoms. The summed E-state index contributed by atoms with van der Waals surface area (Å²) in [7, 11) is 1.94. The van der Waals surface area contributed by atoms with Gasteiger partial charge in [-0.3, -0.25) is 0 Å². The minimum Gasteiger partial charge on any atom is -0.319 e. The fourth-order valence-corrected chi connectivity index (χ4v) is 2.11. The SMILES string of the molecule is CNCC(Cc1ccc(Br)cc1F)C(C)C. The molecule has 1 nitrogen and oxygen atoms in total. The molecule has 0 aliphatic carbocycles. The van der Waals surface area contributed by atoms with Crippen LogP contribution in [0.1, 0.15) is 19.4 Å². The van der Waals surface area contributed by atoms with E-state index in [1.165, 1.54) is 6.07 Å². The van der Waals surface area contributed by atoms with Crippen LogP contribution in [-0.4, -0.2) is 13.6 Å². The van der Waals surface area contributed by atoms with Crippen molar-refractivity contribution in [3.05, 3.63) is 34.1 Å². The van der Waals surface area contributed by atoms with Crippen molar-refractivity contribution < 1.29 is 4.39 Å². The van der Waals surface area contributed by atoms with E-state index in [0.717, 1.165) is 23.0 Å². The predicted octanol–water partition coefficient (Wildman–Crippen LogP) is 3.62. The topological polar surface area (TPSA) is 12.0 Å². The summed E-state index contributed by atoms with van der Waals surface area (Å²) in [5, 5.41) is 3.17. The van der Waals surface area contributed by atoms with Crippen molar-refractivity contribution in [2.45, 2.75) is 20.3 Å². The van der Waals surface area contributed by atoms with E-state index in [1.54, 1.807) is 0 Å². The zero-order chi connectivity index (χ0) is 12.1. The van der Waals surface area contributed by atoms with Gasteiger partial charge in [-0.25, -0.2) is 4.39 Å². The number of rotatable bonds is 5. The number of hydrogen-bond donors (Lipinski definition) is 1. The fraction of sp³-hybridized carbons (Fsp3) is 0.538. The Balaban J connectivity index is 2.77. The van der Waals surface area contributed by atoms with Gasteiger partial charge in [0.2, 0.25) is 0 Å². The largest absolute Gasteiger partial charge is 0.319 e. The quantitative estimate of drug-likeness (QED) is 0.872. The van der Waals surface area contributed by atoms with Crippen LogP contribution in [0.2, 0.25) is 0 Å². The number of hydrogen-bond acceptors (Lipinski definition) is 1. The van der Waals surface area contributed by atoms with Crippen LogP contribution >= 0.6 is 15.9 Å². The summed E-state index contributed by atoms with van der Waals surface area (Å²) in [4.78, 5) is 0. The van der Waals surface area contributed by atoms with Gasteiger partial charge in [-0.2, -0.15) is 0 Å².